The zero-order chi connectivity index (χ0) is 20.8. The molecule has 2 aliphatic heterocycles. The molecule has 3 N–H and O–H groups in total. The van der Waals surface area contributed by atoms with E-state index in [2.05, 4.69) is 46.9 Å². The molecule has 1 aromatic rings. The average Bonchev–Trinajstić information content (AvgIpc) is 2.70. The molecule has 0 radical (unpaired) electrons. The second kappa shape index (κ2) is 11.7. The van der Waals surface area contributed by atoms with Crippen molar-refractivity contribution in [3.8, 4) is 0 Å². The van der Waals surface area contributed by atoms with Gasteiger partial charge in [-0.2, -0.15) is 0 Å². The first kappa shape index (κ1) is 24.7. The van der Waals surface area contributed by atoms with E-state index >= 15 is 0 Å². The fourth-order valence-corrected chi connectivity index (χ4v) is 4.66. The zero-order valence-electron chi connectivity index (χ0n) is 18.5. The average molecular weight is 528 g/mol. The van der Waals surface area contributed by atoms with E-state index in [1.54, 1.807) is 0 Å². The highest BCUT2D eigenvalue weighted by Crippen LogP contribution is 2.25. The van der Waals surface area contributed by atoms with Crippen LogP contribution in [0.25, 0.3) is 0 Å². The normalized spacial score (nSPS) is 24.9. The number of amides is 1. The van der Waals surface area contributed by atoms with Gasteiger partial charge in [0.15, 0.2) is 5.96 Å². The summed E-state index contributed by atoms with van der Waals surface area (Å²) in [6.07, 6.45) is 4.91. The summed E-state index contributed by atoms with van der Waals surface area (Å²) in [5.74, 6) is 2.95. The minimum atomic E-state index is -0.215. The van der Waals surface area contributed by atoms with Gasteiger partial charge in [0.05, 0.1) is 12.5 Å². The molecule has 0 bridgehead atoms. The van der Waals surface area contributed by atoms with Crippen molar-refractivity contribution in [3.63, 3.8) is 0 Å². The Morgan fingerprint density at radius 3 is 2.70 bits per heavy atom. The number of primary amides is 1. The molecule has 2 aliphatic rings. The summed E-state index contributed by atoms with van der Waals surface area (Å²) >= 11 is 0. The fraction of sp³-hybridized carbons (Fsp3) is 0.682. The van der Waals surface area contributed by atoms with Crippen LogP contribution in [0.2, 0.25) is 0 Å². The van der Waals surface area contributed by atoms with Crippen molar-refractivity contribution in [2.24, 2.45) is 28.5 Å². The summed E-state index contributed by atoms with van der Waals surface area (Å²) < 4.78 is 0. The SMILES string of the molecule is CCNC(=NCc1cccnc1N1CCCC(C(N)=O)C1)N1CC(C)CC(C)C1.I. The van der Waals surface area contributed by atoms with Crippen molar-refractivity contribution in [3.05, 3.63) is 23.9 Å². The number of likely N-dealkylation sites (tertiary alicyclic amines) is 1. The van der Waals surface area contributed by atoms with Crippen molar-refractivity contribution in [2.45, 2.75) is 46.6 Å². The molecule has 2 saturated heterocycles. The molecule has 1 amide bonds. The number of pyridine rings is 1. The number of nitrogens with two attached hydrogens (primary N) is 1. The molecule has 3 atom stereocenters. The Kier molecular flexibility index (Phi) is 9.64. The molecule has 7 nitrogen and oxygen atoms in total. The number of hydrogen-bond donors (Lipinski definition) is 2. The van der Waals surface area contributed by atoms with E-state index in [0.29, 0.717) is 24.9 Å². The lowest BCUT2D eigenvalue weighted by Crippen LogP contribution is -2.48. The second-order valence-electron chi connectivity index (χ2n) is 8.69. The van der Waals surface area contributed by atoms with Crippen LogP contribution in [-0.4, -0.2) is 54.5 Å². The number of piperidine rings is 2. The van der Waals surface area contributed by atoms with Crippen LogP contribution in [-0.2, 0) is 11.3 Å². The molecule has 0 spiro atoms. The summed E-state index contributed by atoms with van der Waals surface area (Å²) in [6, 6.07) is 4.05. The van der Waals surface area contributed by atoms with E-state index < -0.39 is 0 Å². The minimum absolute atomic E-state index is 0. The van der Waals surface area contributed by atoms with Gasteiger partial charge >= 0.3 is 0 Å². The Balaban J connectivity index is 0.00000320. The van der Waals surface area contributed by atoms with Crippen LogP contribution in [0.5, 0.6) is 0 Å². The molecule has 8 heteroatoms. The zero-order valence-corrected chi connectivity index (χ0v) is 20.8. The van der Waals surface area contributed by atoms with E-state index in [9.17, 15) is 4.79 Å². The van der Waals surface area contributed by atoms with Crippen LogP contribution < -0.4 is 16.0 Å². The number of rotatable bonds is 5. The van der Waals surface area contributed by atoms with Gasteiger partial charge in [-0.05, 0) is 44.1 Å². The van der Waals surface area contributed by atoms with Gasteiger partial charge in [0.2, 0.25) is 5.91 Å². The van der Waals surface area contributed by atoms with Crippen LogP contribution >= 0.6 is 24.0 Å². The first-order chi connectivity index (χ1) is 14.0. The van der Waals surface area contributed by atoms with Gasteiger partial charge in [0.25, 0.3) is 0 Å². The molecular weight excluding hydrogens is 491 g/mol. The van der Waals surface area contributed by atoms with Crippen molar-refractivity contribution in [2.75, 3.05) is 37.6 Å². The van der Waals surface area contributed by atoms with Gasteiger partial charge < -0.3 is 20.9 Å². The van der Waals surface area contributed by atoms with Crippen LogP contribution in [0.1, 0.15) is 45.6 Å². The maximum atomic E-state index is 11.7. The number of anilines is 1. The number of nitrogens with zero attached hydrogens (tertiary/aromatic N) is 4. The van der Waals surface area contributed by atoms with Crippen molar-refractivity contribution in [1.29, 1.82) is 0 Å². The summed E-state index contributed by atoms with van der Waals surface area (Å²) in [5, 5.41) is 3.47. The molecule has 0 aliphatic carbocycles. The lowest BCUT2D eigenvalue weighted by Gasteiger charge is -2.37. The number of halogens is 1. The standard InChI is InChI=1S/C22H36N6O.HI/c1-4-24-22(28-13-16(2)11-17(3)14-28)26-12-18-7-5-9-25-21(18)27-10-6-8-19(15-27)20(23)29;/h5,7,9,16-17,19H,4,6,8,10-15H2,1-3H3,(H2,23,29)(H,24,26);1H. The number of aliphatic imine (C=N–C) groups is 1. The van der Waals surface area contributed by atoms with E-state index in [1.165, 1.54) is 6.42 Å². The van der Waals surface area contributed by atoms with Crippen molar-refractivity contribution >= 4 is 41.7 Å². The van der Waals surface area contributed by atoms with Gasteiger partial charge in [-0.3, -0.25) is 4.79 Å². The molecule has 168 valence electrons. The molecule has 3 heterocycles. The van der Waals surface area contributed by atoms with E-state index in [-0.39, 0.29) is 35.8 Å². The van der Waals surface area contributed by atoms with Gasteiger partial charge in [-0.25, -0.2) is 9.98 Å². The Labute approximate surface area is 197 Å². The molecule has 3 unspecified atom stereocenters. The van der Waals surface area contributed by atoms with Crippen molar-refractivity contribution < 1.29 is 4.79 Å². The molecule has 0 aromatic carbocycles. The largest absolute Gasteiger partial charge is 0.369 e. The maximum absolute atomic E-state index is 11.7. The molecule has 1 aromatic heterocycles. The predicted molar refractivity (Wildman–Crippen MR) is 133 cm³/mol. The molecule has 0 saturated carbocycles. The first-order valence-electron chi connectivity index (χ1n) is 11.0. The summed E-state index contributed by atoms with van der Waals surface area (Å²) in [4.78, 5) is 25.8. The number of aromatic nitrogens is 1. The van der Waals surface area contributed by atoms with Gasteiger partial charge in [-0.1, -0.05) is 19.9 Å². The summed E-state index contributed by atoms with van der Waals surface area (Å²) in [7, 11) is 0. The molecule has 2 fully saturated rings. The monoisotopic (exact) mass is 528 g/mol. The highest BCUT2D eigenvalue weighted by molar-refractivity contribution is 14.0. The quantitative estimate of drug-likeness (QED) is 0.349. The topological polar surface area (TPSA) is 86.9 Å². The number of carbonyl (C=O) groups is 1. The van der Waals surface area contributed by atoms with E-state index in [0.717, 1.165) is 56.4 Å². The Bertz CT molecular complexity index is 717. The number of hydrogen-bond acceptors (Lipinski definition) is 4. The minimum Gasteiger partial charge on any atom is -0.369 e. The Morgan fingerprint density at radius 1 is 1.30 bits per heavy atom. The van der Waals surface area contributed by atoms with E-state index in [1.807, 2.05) is 12.3 Å². The van der Waals surface area contributed by atoms with Gasteiger partial charge in [-0.15, -0.1) is 24.0 Å². The second-order valence-corrected chi connectivity index (χ2v) is 8.69. The van der Waals surface area contributed by atoms with Crippen LogP contribution in [0.15, 0.2) is 23.3 Å². The van der Waals surface area contributed by atoms with Gasteiger partial charge in [0.1, 0.15) is 5.82 Å². The molecule has 3 rings (SSSR count). The van der Waals surface area contributed by atoms with Crippen LogP contribution in [0.4, 0.5) is 5.82 Å². The third-order valence-electron chi connectivity index (χ3n) is 5.89. The molecule has 30 heavy (non-hydrogen) atoms. The Hall–Kier alpha value is -1.58. The van der Waals surface area contributed by atoms with Crippen molar-refractivity contribution in [1.82, 2.24) is 15.2 Å². The summed E-state index contributed by atoms with van der Waals surface area (Å²) in [5.41, 5.74) is 6.65. The van der Waals surface area contributed by atoms with Gasteiger partial charge in [0, 0.05) is 44.5 Å². The predicted octanol–water partition coefficient (Wildman–Crippen LogP) is 2.84. The molecular formula is C22H37IN6O. The number of nitrogens with one attached hydrogen (secondary N) is 1. The number of carbonyl (C=O) groups excluding carboxylic acids is 1. The first-order valence-corrected chi connectivity index (χ1v) is 11.0. The van der Waals surface area contributed by atoms with Crippen LogP contribution in [0, 0.1) is 17.8 Å². The fourth-order valence-electron chi connectivity index (χ4n) is 4.66. The maximum Gasteiger partial charge on any atom is 0.222 e. The smallest absolute Gasteiger partial charge is 0.222 e. The summed E-state index contributed by atoms with van der Waals surface area (Å²) in [6.45, 7) is 11.8. The Morgan fingerprint density at radius 2 is 2.03 bits per heavy atom. The third kappa shape index (κ3) is 6.46. The van der Waals surface area contributed by atoms with Crippen LogP contribution in [0.3, 0.4) is 0 Å². The van der Waals surface area contributed by atoms with E-state index in [4.69, 9.17) is 10.7 Å². The lowest BCUT2D eigenvalue weighted by atomic mass is 9.92. The highest BCUT2D eigenvalue weighted by atomic mass is 127. The third-order valence-corrected chi connectivity index (χ3v) is 5.89. The highest BCUT2D eigenvalue weighted by Gasteiger charge is 2.27. The lowest BCUT2D eigenvalue weighted by molar-refractivity contribution is -0.122. The number of guanidine groups is 1.